The second-order valence-corrected chi connectivity index (χ2v) is 6.49. The first-order valence-corrected chi connectivity index (χ1v) is 9.34. The van der Waals surface area contributed by atoms with Crippen molar-refractivity contribution in [2.75, 3.05) is 33.0 Å². The number of carboxylic acids is 1. The Morgan fingerprint density at radius 1 is 1.00 bits per heavy atom. The van der Waals surface area contributed by atoms with Crippen LogP contribution in [0.25, 0.3) is 11.1 Å². The van der Waals surface area contributed by atoms with Gasteiger partial charge < -0.3 is 24.6 Å². The number of fused-ring (bicyclic) bond motifs is 3. The normalized spacial score (nSPS) is 13.4. The number of carboxylic acid groups (broad SMARTS) is 1. The van der Waals surface area contributed by atoms with Gasteiger partial charge in [0.05, 0.1) is 19.8 Å². The van der Waals surface area contributed by atoms with E-state index in [1.165, 1.54) is 11.1 Å². The van der Waals surface area contributed by atoms with E-state index >= 15 is 0 Å². The zero-order valence-electron chi connectivity index (χ0n) is 15.9. The van der Waals surface area contributed by atoms with Crippen LogP contribution in [-0.2, 0) is 19.0 Å². The van der Waals surface area contributed by atoms with Gasteiger partial charge in [0.25, 0.3) is 0 Å². The summed E-state index contributed by atoms with van der Waals surface area (Å²) in [5.74, 6) is -1.22. The molecule has 0 saturated heterocycles. The maximum atomic E-state index is 12.0. The van der Waals surface area contributed by atoms with Gasteiger partial charge in [-0.15, -0.1) is 0 Å². The van der Waals surface area contributed by atoms with Gasteiger partial charge in [-0.2, -0.15) is 0 Å². The highest BCUT2D eigenvalue weighted by molar-refractivity contribution is 5.79. The van der Waals surface area contributed by atoms with Crippen molar-refractivity contribution in [3.05, 3.63) is 59.7 Å². The van der Waals surface area contributed by atoms with Gasteiger partial charge in [0.1, 0.15) is 6.61 Å². The summed E-state index contributed by atoms with van der Waals surface area (Å²) in [6.45, 7) is 0.991. The number of nitrogens with two attached hydrogens (primary N) is 1. The Labute approximate surface area is 168 Å². The molecule has 0 heterocycles. The molecule has 154 valence electrons. The monoisotopic (exact) mass is 400 g/mol. The molecule has 1 amide bonds. The van der Waals surface area contributed by atoms with Crippen molar-refractivity contribution in [3.63, 3.8) is 0 Å². The lowest BCUT2D eigenvalue weighted by molar-refractivity contribution is -0.150. The first-order valence-electron chi connectivity index (χ1n) is 9.34. The van der Waals surface area contributed by atoms with Crippen LogP contribution in [0.15, 0.2) is 48.5 Å². The molecule has 1 aliphatic carbocycles. The van der Waals surface area contributed by atoms with Crippen molar-refractivity contribution in [2.45, 2.75) is 12.1 Å². The molecule has 1 unspecified atom stereocenters. The number of nitrogens with one attached hydrogen (secondary N) is 1. The molecule has 3 rings (SSSR count). The predicted molar refractivity (Wildman–Crippen MR) is 105 cm³/mol. The Morgan fingerprint density at radius 2 is 1.62 bits per heavy atom. The Balaban J connectivity index is 1.38. The minimum absolute atomic E-state index is 0.0139. The Bertz CT molecular complexity index is 811. The lowest BCUT2D eigenvalue weighted by atomic mass is 9.98. The molecular formula is C21H24N2O6. The fraction of sp³-hybridized carbons (Fsp3) is 0.333. The van der Waals surface area contributed by atoms with Crippen molar-refractivity contribution >= 4 is 12.1 Å². The van der Waals surface area contributed by atoms with Crippen molar-refractivity contribution in [1.29, 1.82) is 0 Å². The molecule has 29 heavy (non-hydrogen) atoms. The van der Waals surface area contributed by atoms with Crippen LogP contribution < -0.4 is 11.1 Å². The van der Waals surface area contributed by atoms with Crippen LogP contribution in [0.4, 0.5) is 4.79 Å². The summed E-state index contributed by atoms with van der Waals surface area (Å²) in [6, 6.07) is 16.3. The van der Waals surface area contributed by atoms with E-state index in [1.54, 1.807) is 0 Å². The van der Waals surface area contributed by atoms with Crippen LogP contribution in [0.2, 0.25) is 0 Å². The van der Waals surface area contributed by atoms with Gasteiger partial charge in [-0.1, -0.05) is 48.5 Å². The summed E-state index contributed by atoms with van der Waals surface area (Å²) >= 11 is 0. The van der Waals surface area contributed by atoms with Gasteiger partial charge in [-0.25, -0.2) is 9.59 Å². The number of alkyl carbamates (subject to hydrolysis) is 1. The van der Waals surface area contributed by atoms with E-state index in [1.807, 2.05) is 24.3 Å². The zero-order valence-corrected chi connectivity index (χ0v) is 15.9. The second-order valence-electron chi connectivity index (χ2n) is 6.49. The average molecular weight is 400 g/mol. The smallest absolute Gasteiger partial charge is 0.407 e. The molecule has 4 N–H and O–H groups in total. The quantitative estimate of drug-likeness (QED) is 0.412. The molecule has 0 aromatic heterocycles. The summed E-state index contributed by atoms with van der Waals surface area (Å²) in [4.78, 5) is 22.5. The maximum absolute atomic E-state index is 12.0. The van der Waals surface area contributed by atoms with Gasteiger partial charge in [0.15, 0.2) is 0 Å². The number of ether oxygens (including phenoxy) is 3. The van der Waals surface area contributed by atoms with Crippen LogP contribution >= 0.6 is 0 Å². The van der Waals surface area contributed by atoms with Gasteiger partial charge >= 0.3 is 12.1 Å². The summed E-state index contributed by atoms with van der Waals surface area (Å²) in [5.41, 5.74) is 9.86. The number of hydrogen-bond donors (Lipinski definition) is 3. The fourth-order valence-corrected chi connectivity index (χ4v) is 3.28. The highest BCUT2D eigenvalue weighted by Gasteiger charge is 2.28. The Hall–Kier alpha value is -2.94. The molecule has 2 aromatic rings. The third-order valence-corrected chi connectivity index (χ3v) is 4.63. The van der Waals surface area contributed by atoms with Gasteiger partial charge in [0, 0.05) is 12.5 Å². The molecular weight excluding hydrogens is 376 g/mol. The maximum Gasteiger partial charge on any atom is 0.407 e. The highest BCUT2D eigenvalue weighted by atomic mass is 16.6. The topological polar surface area (TPSA) is 120 Å². The van der Waals surface area contributed by atoms with E-state index in [0.29, 0.717) is 0 Å². The molecule has 8 nitrogen and oxygen atoms in total. The number of benzene rings is 2. The van der Waals surface area contributed by atoms with E-state index in [2.05, 4.69) is 29.6 Å². The molecule has 0 aliphatic heterocycles. The van der Waals surface area contributed by atoms with Crippen molar-refractivity contribution < 1.29 is 28.9 Å². The van der Waals surface area contributed by atoms with Gasteiger partial charge in [-0.3, -0.25) is 5.73 Å². The van der Waals surface area contributed by atoms with Crippen LogP contribution in [0, 0.1) is 0 Å². The number of rotatable bonds is 10. The lowest BCUT2D eigenvalue weighted by Crippen LogP contribution is -2.34. The molecule has 1 atom stereocenters. The summed E-state index contributed by atoms with van der Waals surface area (Å²) in [6.07, 6.45) is -1.88. The molecule has 0 fully saturated rings. The van der Waals surface area contributed by atoms with Crippen LogP contribution in [0.5, 0.6) is 0 Å². The molecule has 0 saturated carbocycles. The number of carbonyl (C=O) groups is 2. The Kier molecular flexibility index (Phi) is 7.18. The first-order chi connectivity index (χ1) is 14.1. The van der Waals surface area contributed by atoms with Crippen molar-refractivity contribution in [2.24, 2.45) is 5.73 Å². The van der Waals surface area contributed by atoms with E-state index in [4.69, 9.17) is 25.1 Å². The third kappa shape index (κ3) is 5.32. The molecule has 2 aromatic carbocycles. The lowest BCUT2D eigenvalue weighted by Gasteiger charge is -2.14. The minimum Gasteiger partial charge on any atom is -0.478 e. The predicted octanol–water partition coefficient (Wildman–Crippen LogP) is 1.93. The van der Waals surface area contributed by atoms with Gasteiger partial charge in [-0.05, 0) is 22.3 Å². The summed E-state index contributed by atoms with van der Waals surface area (Å²) < 4.78 is 15.5. The van der Waals surface area contributed by atoms with E-state index < -0.39 is 18.3 Å². The molecule has 0 radical (unpaired) electrons. The van der Waals surface area contributed by atoms with E-state index in [-0.39, 0.29) is 38.9 Å². The fourth-order valence-electron chi connectivity index (χ4n) is 3.28. The standard InChI is InChI=1S/C21H24N2O6/c22-19(20(24)25)28-12-11-27-10-9-23-21(26)29-13-18-16-7-3-1-5-14(16)15-6-2-4-8-17(15)18/h1-8,18-19H,9-13,22H2,(H,23,26)(H,24,25). The van der Waals surface area contributed by atoms with Crippen LogP contribution in [0.1, 0.15) is 17.0 Å². The molecule has 1 aliphatic rings. The van der Waals surface area contributed by atoms with E-state index in [9.17, 15) is 9.59 Å². The number of hydrogen-bond acceptors (Lipinski definition) is 6. The second kappa shape index (κ2) is 10.0. The van der Waals surface area contributed by atoms with Crippen molar-refractivity contribution in [1.82, 2.24) is 5.32 Å². The Morgan fingerprint density at radius 3 is 2.24 bits per heavy atom. The van der Waals surface area contributed by atoms with Crippen molar-refractivity contribution in [3.8, 4) is 11.1 Å². The first kappa shape index (κ1) is 20.8. The highest BCUT2D eigenvalue weighted by Crippen LogP contribution is 2.44. The van der Waals surface area contributed by atoms with Gasteiger partial charge in [0.2, 0.25) is 6.23 Å². The molecule has 0 spiro atoms. The SMILES string of the molecule is NC(OCCOCCNC(=O)OCC1c2ccccc2-c2ccccc21)C(=O)O. The summed E-state index contributed by atoms with van der Waals surface area (Å²) in [7, 11) is 0. The average Bonchev–Trinajstić information content (AvgIpc) is 3.05. The number of aliphatic carboxylic acids is 1. The third-order valence-electron chi connectivity index (χ3n) is 4.63. The number of amides is 1. The number of carbonyl (C=O) groups excluding carboxylic acids is 1. The zero-order chi connectivity index (χ0) is 20.6. The molecule has 0 bridgehead atoms. The minimum atomic E-state index is -1.36. The largest absolute Gasteiger partial charge is 0.478 e. The van der Waals surface area contributed by atoms with E-state index in [0.717, 1.165) is 11.1 Å². The molecule has 8 heteroatoms. The summed E-state index contributed by atoms with van der Waals surface area (Å²) in [5, 5.41) is 11.2. The van der Waals surface area contributed by atoms with Crippen LogP contribution in [0.3, 0.4) is 0 Å². The van der Waals surface area contributed by atoms with Crippen LogP contribution in [-0.4, -0.2) is 56.4 Å².